The van der Waals surface area contributed by atoms with Gasteiger partial charge in [-0.3, -0.25) is 0 Å². The summed E-state index contributed by atoms with van der Waals surface area (Å²) >= 11 is 1.56. The van der Waals surface area contributed by atoms with Crippen LogP contribution in [0.1, 0.15) is 13.8 Å². The van der Waals surface area contributed by atoms with Crippen LogP contribution in [0.4, 0.5) is 0 Å². The molecule has 0 rings (SSSR count). The first-order chi connectivity index (χ1) is 6.58. The number of methoxy groups -OCH3 is 1. The van der Waals surface area contributed by atoms with Gasteiger partial charge in [0.1, 0.15) is 7.11 Å². The summed E-state index contributed by atoms with van der Waals surface area (Å²) in [4.78, 5) is 16.0. The third kappa shape index (κ3) is 3.57. The molecule has 0 radical (unpaired) electrons. The van der Waals surface area contributed by atoms with Gasteiger partial charge >= 0.3 is 5.97 Å². The van der Waals surface area contributed by atoms with Crippen LogP contribution in [0.15, 0.2) is 5.16 Å². The molecule has 0 aromatic heterocycles. The Labute approximate surface area is 89.0 Å². The summed E-state index contributed by atoms with van der Waals surface area (Å²) in [5, 5.41) is 3.71. The van der Waals surface area contributed by atoms with Crippen molar-refractivity contribution in [3.05, 3.63) is 0 Å². The van der Waals surface area contributed by atoms with Crippen molar-refractivity contribution in [3.63, 3.8) is 0 Å². The first kappa shape index (κ1) is 13.3. The molecule has 0 aliphatic carbocycles. The number of nitrogens with zero attached hydrogens (tertiary/aromatic N) is 1. The van der Waals surface area contributed by atoms with Gasteiger partial charge in [0.2, 0.25) is 0 Å². The first-order valence-corrected chi connectivity index (χ1v) is 5.59. The molecule has 4 nitrogen and oxygen atoms in total. The summed E-state index contributed by atoms with van der Waals surface area (Å²) in [6.45, 7) is 4.05. The molecule has 1 atom stereocenters. The summed E-state index contributed by atoms with van der Waals surface area (Å²) in [5.41, 5.74) is 0.331. The lowest BCUT2D eigenvalue weighted by Crippen LogP contribution is -2.31. The van der Waals surface area contributed by atoms with Crippen LogP contribution in [0.3, 0.4) is 0 Å². The standard InChI is InChI=1S/C9H17NO3S/c1-6(2)8(14-5)7(10-13-4)9(11)12-3/h6,8H,1-5H3. The Hall–Kier alpha value is -0.710. The number of thioether (sulfide) groups is 1. The van der Waals surface area contributed by atoms with Crippen molar-refractivity contribution in [2.75, 3.05) is 20.5 Å². The second-order valence-electron chi connectivity index (χ2n) is 3.05. The highest BCUT2D eigenvalue weighted by atomic mass is 32.2. The van der Waals surface area contributed by atoms with E-state index in [-0.39, 0.29) is 5.25 Å². The highest BCUT2D eigenvalue weighted by Gasteiger charge is 2.26. The van der Waals surface area contributed by atoms with E-state index >= 15 is 0 Å². The largest absolute Gasteiger partial charge is 0.464 e. The lowest BCUT2D eigenvalue weighted by atomic mass is 10.1. The summed E-state index contributed by atoms with van der Waals surface area (Å²) < 4.78 is 4.63. The molecule has 0 amide bonds. The maximum absolute atomic E-state index is 11.4. The van der Waals surface area contributed by atoms with Crippen molar-refractivity contribution < 1.29 is 14.4 Å². The van der Waals surface area contributed by atoms with E-state index in [0.717, 1.165) is 0 Å². The number of rotatable bonds is 5. The monoisotopic (exact) mass is 219 g/mol. The Morgan fingerprint density at radius 2 is 1.93 bits per heavy atom. The van der Waals surface area contributed by atoms with Crippen molar-refractivity contribution >= 4 is 23.4 Å². The van der Waals surface area contributed by atoms with Gasteiger partial charge in [0, 0.05) is 0 Å². The molecule has 0 fully saturated rings. The van der Waals surface area contributed by atoms with E-state index in [1.54, 1.807) is 11.8 Å². The molecule has 1 unspecified atom stereocenters. The Morgan fingerprint density at radius 3 is 2.21 bits per heavy atom. The van der Waals surface area contributed by atoms with Gasteiger partial charge in [0.05, 0.1) is 12.4 Å². The second-order valence-corrected chi connectivity index (χ2v) is 4.03. The fourth-order valence-electron chi connectivity index (χ4n) is 1.11. The van der Waals surface area contributed by atoms with E-state index in [9.17, 15) is 4.79 Å². The summed E-state index contributed by atoms with van der Waals surface area (Å²) in [6.07, 6.45) is 1.93. The third-order valence-electron chi connectivity index (χ3n) is 1.71. The maximum atomic E-state index is 11.4. The topological polar surface area (TPSA) is 47.9 Å². The van der Waals surface area contributed by atoms with Crippen LogP contribution in [0.25, 0.3) is 0 Å². The van der Waals surface area contributed by atoms with Crippen LogP contribution in [-0.4, -0.2) is 37.4 Å². The van der Waals surface area contributed by atoms with Crippen LogP contribution in [0, 0.1) is 5.92 Å². The highest BCUT2D eigenvalue weighted by Crippen LogP contribution is 2.19. The van der Waals surface area contributed by atoms with Crippen LogP contribution < -0.4 is 0 Å². The Bertz CT molecular complexity index is 216. The van der Waals surface area contributed by atoms with Crippen LogP contribution >= 0.6 is 11.8 Å². The first-order valence-electron chi connectivity index (χ1n) is 4.30. The number of hydrogen-bond donors (Lipinski definition) is 0. The van der Waals surface area contributed by atoms with Crippen molar-refractivity contribution in [1.29, 1.82) is 0 Å². The molecule has 0 saturated carbocycles. The molecular weight excluding hydrogens is 202 g/mol. The fourth-order valence-corrected chi connectivity index (χ4v) is 2.01. The van der Waals surface area contributed by atoms with E-state index in [0.29, 0.717) is 11.6 Å². The van der Waals surface area contributed by atoms with Crippen LogP contribution in [-0.2, 0) is 14.4 Å². The zero-order chi connectivity index (χ0) is 11.1. The number of ether oxygens (including phenoxy) is 1. The van der Waals surface area contributed by atoms with Gasteiger partial charge < -0.3 is 9.57 Å². The predicted octanol–water partition coefficient (Wildman–Crippen LogP) is 1.55. The molecule has 0 heterocycles. The quantitative estimate of drug-likeness (QED) is 0.400. The van der Waals surface area contributed by atoms with E-state index in [4.69, 9.17) is 0 Å². The summed E-state index contributed by atoms with van der Waals surface area (Å²) in [6, 6.07) is 0. The number of hydrogen-bond acceptors (Lipinski definition) is 5. The minimum Gasteiger partial charge on any atom is -0.464 e. The van der Waals surface area contributed by atoms with E-state index in [1.165, 1.54) is 14.2 Å². The Balaban J connectivity index is 4.79. The molecule has 82 valence electrons. The maximum Gasteiger partial charge on any atom is 0.357 e. The molecule has 5 heteroatoms. The summed E-state index contributed by atoms with van der Waals surface area (Å²) in [7, 11) is 2.76. The van der Waals surface area contributed by atoms with E-state index in [1.807, 2.05) is 20.1 Å². The van der Waals surface area contributed by atoms with Gasteiger partial charge in [0.25, 0.3) is 0 Å². The molecule has 0 aromatic carbocycles. The smallest absolute Gasteiger partial charge is 0.357 e. The number of oxime groups is 1. The average Bonchev–Trinajstić information content (AvgIpc) is 2.16. The van der Waals surface area contributed by atoms with Gasteiger partial charge in [-0.25, -0.2) is 4.79 Å². The molecule has 0 N–H and O–H groups in total. The lowest BCUT2D eigenvalue weighted by molar-refractivity contribution is -0.133. The zero-order valence-electron chi connectivity index (χ0n) is 9.23. The number of carbonyl (C=O) groups is 1. The fraction of sp³-hybridized carbons (Fsp3) is 0.778. The summed E-state index contributed by atoms with van der Waals surface area (Å²) in [5.74, 6) is -0.127. The molecule has 0 spiro atoms. The van der Waals surface area contributed by atoms with Crippen molar-refractivity contribution in [3.8, 4) is 0 Å². The van der Waals surface area contributed by atoms with Crippen LogP contribution in [0.2, 0.25) is 0 Å². The number of carbonyl (C=O) groups excluding carboxylic acids is 1. The number of esters is 1. The third-order valence-corrected chi connectivity index (χ3v) is 2.99. The minimum atomic E-state index is -0.431. The Kier molecular flexibility index (Phi) is 6.36. The van der Waals surface area contributed by atoms with Gasteiger partial charge in [-0.15, -0.1) is 0 Å². The van der Waals surface area contributed by atoms with E-state index < -0.39 is 5.97 Å². The zero-order valence-corrected chi connectivity index (χ0v) is 10.1. The molecular formula is C9H17NO3S. The van der Waals surface area contributed by atoms with Crippen molar-refractivity contribution in [2.45, 2.75) is 19.1 Å². The SMILES string of the molecule is CON=C(C(=O)OC)C(SC)C(C)C. The second kappa shape index (κ2) is 6.70. The average molecular weight is 219 g/mol. The normalized spacial score (nSPS) is 14.0. The molecule has 0 saturated heterocycles. The molecule has 0 aliphatic heterocycles. The molecule has 0 aromatic rings. The predicted molar refractivity (Wildman–Crippen MR) is 58.6 cm³/mol. The Morgan fingerprint density at radius 1 is 1.36 bits per heavy atom. The van der Waals surface area contributed by atoms with Gasteiger partial charge in [-0.1, -0.05) is 19.0 Å². The van der Waals surface area contributed by atoms with E-state index in [2.05, 4.69) is 14.7 Å². The van der Waals surface area contributed by atoms with Gasteiger partial charge in [0.15, 0.2) is 5.71 Å². The minimum absolute atomic E-state index is 0.00222. The highest BCUT2D eigenvalue weighted by molar-refractivity contribution is 8.00. The molecule has 0 aliphatic rings. The van der Waals surface area contributed by atoms with Gasteiger partial charge in [-0.2, -0.15) is 11.8 Å². The van der Waals surface area contributed by atoms with Crippen molar-refractivity contribution in [2.24, 2.45) is 11.1 Å². The molecule has 14 heavy (non-hydrogen) atoms. The van der Waals surface area contributed by atoms with Crippen molar-refractivity contribution in [1.82, 2.24) is 0 Å². The van der Waals surface area contributed by atoms with Crippen LogP contribution in [0.5, 0.6) is 0 Å². The van der Waals surface area contributed by atoms with Gasteiger partial charge in [-0.05, 0) is 12.2 Å². The molecule has 0 bridgehead atoms. The lowest BCUT2D eigenvalue weighted by Gasteiger charge is -2.18.